The van der Waals surface area contributed by atoms with Crippen molar-refractivity contribution in [1.29, 1.82) is 0 Å². The predicted octanol–water partition coefficient (Wildman–Crippen LogP) is 1.35. The molecule has 0 radical (unpaired) electrons. The van der Waals surface area contributed by atoms with Crippen LogP contribution in [0.2, 0.25) is 0 Å². The van der Waals surface area contributed by atoms with Crippen LogP contribution in [-0.4, -0.2) is 39.6 Å². The molecule has 0 atom stereocenters. The van der Waals surface area contributed by atoms with Gasteiger partial charge in [-0.15, -0.1) is 19.9 Å². The number of aromatic amines is 2. The predicted molar refractivity (Wildman–Crippen MR) is 73.6 cm³/mol. The largest absolute Gasteiger partial charge is 0.326 e. The van der Waals surface area contributed by atoms with Crippen molar-refractivity contribution in [3.8, 4) is 0 Å². The van der Waals surface area contributed by atoms with Crippen molar-refractivity contribution >= 4 is 11.3 Å². The molecule has 0 aliphatic carbocycles. The summed E-state index contributed by atoms with van der Waals surface area (Å²) in [6.07, 6.45) is 0. The molecular formula is C12H16N8. The Labute approximate surface area is 114 Å². The van der Waals surface area contributed by atoms with Gasteiger partial charge in [-0.05, 0) is 27.7 Å². The summed E-state index contributed by atoms with van der Waals surface area (Å²) in [6.45, 7) is 7.76. The number of nitrogens with zero attached hydrogens (tertiary/aromatic N) is 6. The highest BCUT2D eigenvalue weighted by molar-refractivity contribution is 5.38. The van der Waals surface area contributed by atoms with E-state index in [1.165, 1.54) is 0 Å². The molecule has 0 aromatic carbocycles. The Balaban J connectivity index is 0.000000121. The van der Waals surface area contributed by atoms with E-state index in [0.29, 0.717) is 0 Å². The SMILES string of the molecule is Cc1cc2[nH]c(C)nn2n1.Cc1cc2nnc(C)n2[nH]1. The Hall–Kier alpha value is -2.64. The van der Waals surface area contributed by atoms with Crippen molar-refractivity contribution in [2.24, 2.45) is 0 Å². The molecule has 0 saturated carbocycles. The Morgan fingerprint density at radius 1 is 1.00 bits per heavy atom. The van der Waals surface area contributed by atoms with Gasteiger partial charge in [-0.1, -0.05) is 0 Å². The number of fused-ring (bicyclic) bond motifs is 2. The normalized spacial score (nSPS) is 11.0. The van der Waals surface area contributed by atoms with Gasteiger partial charge in [0.15, 0.2) is 11.3 Å². The molecule has 4 aromatic rings. The first kappa shape index (κ1) is 12.4. The summed E-state index contributed by atoms with van der Waals surface area (Å²) in [6, 6.07) is 3.92. The van der Waals surface area contributed by atoms with Gasteiger partial charge in [0, 0.05) is 17.8 Å². The van der Waals surface area contributed by atoms with Crippen LogP contribution in [0.3, 0.4) is 0 Å². The lowest BCUT2D eigenvalue weighted by atomic mass is 10.5. The van der Waals surface area contributed by atoms with Gasteiger partial charge in [0.25, 0.3) is 0 Å². The lowest BCUT2D eigenvalue weighted by Gasteiger charge is -1.84. The standard InChI is InChI=1S/2C6H8N4/c1-4-3-6-8-7-5(2)10(6)9-4;1-4-3-6-7-5(2)9-10(6)8-4/h3,9H,1-2H3;3H,1-2H3,(H,7,9). The number of rotatable bonds is 0. The first-order valence-electron chi connectivity index (χ1n) is 6.29. The first-order valence-corrected chi connectivity index (χ1v) is 6.29. The van der Waals surface area contributed by atoms with E-state index in [4.69, 9.17) is 0 Å². The quantitative estimate of drug-likeness (QED) is 0.505. The molecule has 8 nitrogen and oxygen atoms in total. The molecule has 0 saturated heterocycles. The summed E-state index contributed by atoms with van der Waals surface area (Å²) >= 11 is 0. The molecule has 0 amide bonds. The number of nitrogens with one attached hydrogen (secondary N) is 2. The van der Waals surface area contributed by atoms with Crippen LogP contribution in [0.15, 0.2) is 12.1 Å². The smallest absolute Gasteiger partial charge is 0.177 e. The zero-order valence-electron chi connectivity index (χ0n) is 11.8. The van der Waals surface area contributed by atoms with Crippen molar-refractivity contribution in [2.75, 3.05) is 0 Å². The van der Waals surface area contributed by atoms with Crippen LogP contribution in [0.1, 0.15) is 23.0 Å². The second kappa shape index (κ2) is 4.48. The fraction of sp³-hybridized carbons (Fsp3) is 0.333. The number of H-pyrrole nitrogens is 2. The van der Waals surface area contributed by atoms with E-state index in [1.54, 1.807) is 4.63 Å². The van der Waals surface area contributed by atoms with Crippen LogP contribution in [0.5, 0.6) is 0 Å². The molecule has 2 N–H and O–H groups in total. The fourth-order valence-corrected chi connectivity index (χ4v) is 2.02. The topological polar surface area (TPSA) is 92.0 Å². The summed E-state index contributed by atoms with van der Waals surface area (Å²) in [5.74, 6) is 1.78. The zero-order chi connectivity index (χ0) is 14.3. The molecule has 20 heavy (non-hydrogen) atoms. The van der Waals surface area contributed by atoms with E-state index < -0.39 is 0 Å². The molecule has 0 fully saturated rings. The van der Waals surface area contributed by atoms with Gasteiger partial charge in [-0.3, -0.25) is 5.10 Å². The monoisotopic (exact) mass is 272 g/mol. The average Bonchev–Trinajstić information content (AvgIpc) is 3.04. The molecule has 4 heterocycles. The maximum absolute atomic E-state index is 4.11. The van der Waals surface area contributed by atoms with E-state index in [0.717, 1.165) is 34.3 Å². The second-order valence-corrected chi connectivity index (χ2v) is 4.75. The maximum Gasteiger partial charge on any atom is 0.177 e. The van der Waals surface area contributed by atoms with Crippen molar-refractivity contribution in [3.63, 3.8) is 0 Å². The molecule has 8 heteroatoms. The number of hydrogen-bond acceptors (Lipinski definition) is 4. The lowest BCUT2D eigenvalue weighted by molar-refractivity contribution is 0.793. The minimum atomic E-state index is 0.884. The lowest BCUT2D eigenvalue weighted by Crippen LogP contribution is -1.87. The van der Waals surface area contributed by atoms with E-state index in [-0.39, 0.29) is 0 Å². The van der Waals surface area contributed by atoms with Crippen LogP contribution in [0.4, 0.5) is 0 Å². The molecule has 4 rings (SSSR count). The molecule has 4 aromatic heterocycles. The van der Waals surface area contributed by atoms with Gasteiger partial charge >= 0.3 is 0 Å². The van der Waals surface area contributed by atoms with E-state index in [2.05, 4.69) is 30.5 Å². The highest BCUT2D eigenvalue weighted by atomic mass is 15.5. The van der Waals surface area contributed by atoms with Crippen molar-refractivity contribution < 1.29 is 0 Å². The summed E-state index contributed by atoms with van der Waals surface area (Å²) in [7, 11) is 0. The van der Waals surface area contributed by atoms with E-state index in [9.17, 15) is 0 Å². The molecule has 0 aliphatic heterocycles. The summed E-state index contributed by atoms with van der Waals surface area (Å²) in [4.78, 5) is 3.07. The minimum Gasteiger partial charge on any atom is -0.326 e. The third kappa shape index (κ3) is 2.15. The Morgan fingerprint density at radius 3 is 2.50 bits per heavy atom. The van der Waals surface area contributed by atoms with Gasteiger partial charge in [-0.25, -0.2) is 4.52 Å². The maximum atomic E-state index is 4.11. The van der Waals surface area contributed by atoms with Crippen LogP contribution >= 0.6 is 0 Å². The van der Waals surface area contributed by atoms with Gasteiger partial charge in [0.2, 0.25) is 0 Å². The van der Waals surface area contributed by atoms with Crippen LogP contribution < -0.4 is 0 Å². The molecule has 0 aliphatic rings. The summed E-state index contributed by atoms with van der Waals surface area (Å²) < 4.78 is 3.46. The summed E-state index contributed by atoms with van der Waals surface area (Å²) in [5, 5.41) is 19.1. The Bertz CT molecular complexity index is 794. The minimum absolute atomic E-state index is 0.884. The van der Waals surface area contributed by atoms with Crippen LogP contribution in [0, 0.1) is 27.7 Å². The molecule has 0 spiro atoms. The number of hydrogen-bond donors (Lipinski definition) is 2. The van der Waals surface area contributed by atoms with Crippen molar-refractivity contribution in [1.82, 2.24) is 39.6 Å². The van der Waals surface area contributed by atoms with Crippen LogP contribution in [-0.2, 0) is 0 Å². The number of aromatic nitrogens is 8. The van der Waals surface area contributed by atoms with Gasteiger partial charge in [0.05, 0.1) is 5.69 Å². The fourth-order valence-electron chi connectivity index (χ4n) is 2.02. The third-order valence-electron chi connectivity index (χ3n) is 2.85. The van der Waals surface area contributed by atoms with Crippen molar-refractivity contribution in [3.05, 3.63) is 35.2 Å². The highest BCUT2D eigenvalue weighted by Gasteiger charge is 2.01. The average molecular weight is 272 g/mol. The van der Waals surface area contributed by atoms with Gasteiger partial charge in [-0.2, -0.15) is 5.10 Å². The van der Waals surface area contributed by atoms with Crippen LogP contribution in [0.25, 0.3) is 11.3 Å². The van der Waals surface area contributed by atoms with E-state index >= 15 is 0 Å². The molecule has 0 bridgehead atoms. The van der Waals surface area contributed by atoms with Crippen molar-refractivity contribution in [2.45, 2.75) is 27.7 Å². The second-order valence-electron chi connectivity index (χ2n) is 4.75. The molecule has 0 unspecified atom stereocenters. The Kier molecular flexibility index (Phi) is 2.78. The van der Waals surface area contributed by atoms with E-state index in [1.807, 2.05) is 44.3 Å². The molecular weight excluding hydrogens is 256 g/mol. The summed E-state index contributed by atoms with van der Waals surface area (Å²) in [5.41, 5.74) is 3.93. The Morgan fingerprint density at radius 2 is 1.80 bits per heavy atom. The first-order chi connectivity index (χ1) is 9.52. The van der Waals surface area contributed by atoms with Gasteiger partial charge < -0.3 is 4.98 Å². The highest BCUT2D eigenvalue weighted by Crippen LogP contribution is 2.03. The number of aryl methyl sites for hydroxylation is 4. The molecule has 104 valence electrons. The third-order valence-corrected chi connectivity index (χ3v) is 2.85. The van der Waals surface area contributed by atoms with Gasteiger partial charge in [0.1, 0.15) is 11.6 Å². The zero-order valence-corrected chi connectivity index (χ0v) is 11.8.